The average molecular weight is 156 g/mol. The standard InChI is InChI=1S/C9H13FO/c1-3-7-8(10)5-4-6-9(7)11-2/h4-5,9H,3,6H2,1-2H3. The summed E-state index contributed by atoms with van der Waals surface area (Å²) in [7, 11) is 1.62. The second-order valence-electron chi connectivity index (χ2n) is 2.59. The van der Waals surface area contributed by atoms with Crippen LogP contribution in [0.1, 0.15) is 19.8 Å². The van der Waals surface area contributed by atoms with Crippen LogP contribution in [0.3, 0.4) is 0 Å². The van der Waals surface area contributed by atoms with Gasteiger partial charge in [-0.1, -0.05) is 13.0 Å². The van der Waals surface area contributed by atoms with E-state index in [4.69, 9.17) is 4.74 Å². The van der Waals surface area contributed by atoms with Crippen LogP contribution in [-0.2, 0) is 4.74 Å². The van der Waals surface area contributed by atoms with Crippen molar-refractivity contribution < 1.29 is 9.13 Å². The molecule has 0 amide bonds. The molecule has 0 radical (unpaired) electrons. The summed E-state index contributed by atoms with van der Waals surface area (Å²) >= 11 is 0. The highest BCUT2D eigenvalue weighted by Crippen LogP contribution is 2.24. The monoisotopic (exact) mass is 156 g/mol. The van der Waals surface area contributed by atoms with E-state index in [1.54, 1.807) is 7.11 Å². The summed E-state index contributed by atoms with van der Waals surface area (Å²) in [5, 5.41) is 0. The molecular weight excluding hydrogens is 143 g/mol. The van der Waals surface area contributed by atoms with E-state index in [-0.39, 0.29) is 11.9 Å². The molecule has 11 heavy (non-hydrogen) atoms. The summed E-state index contributed by atoms with van der Waals surface area (Å²) < 4.78 is 18.1. The van der Waals surface area contributed by atoms with E-state index in [2.05, 4.69) is 0 Å². The fourth-order valence-corrected chi connectivity index (χ4v) is 1.33. The molecule has 1 aliphatic rings. The summed E-state index contributed by atoms with van der Waals surface area (Å²) in [4.78, 5) is 0. The van der Waals surface area contributed by atoms with Gasteiger partial charge in [0.25, 0.3) is 0 Å². The van der Waals surface area contributed by atoms with Crippen LogP contribution >= 0.6 is 0 Å². The quantitative estimate of drug-likeness (QED) is 0.597. The lowest BCUT2D eigenvalue weighted by Crippen LogP contribution is -2.15. The zero-order valence-electron chi connectivity index (χ0n) is 6.93. The van der Waals surface area contributed by atoms with Gasteiger partial charge in [-0.3, -0.25) is 0 Å². The molecule has 0 aromatic heterocycles. The predicted molar refractivity (Wildman–Crippen MR) is 43.0 cm³/mol. The van der Waals surface area contributed by atoms with Crippen molar-refractivity contribution in [2.24, 2.45) is 0 Å². The molecule has 0 spiro atoms. The summed E-state index contributed by atoms with van der Waals surface area (Å²) in [5.74, 6) is -0.120. The Morgan fingerprint density at radius 2 is 2.45 bits per heavy atom. The average Bonchev–Trinajstić information content (AvgIpc) is 2.04. The van der Waals surface area contributed by atoms with Crippen LogP contribution in [0.25, 0.3) is 0 Å². The minimum Gasteiger partial charge on any atom is -0.377 e. The first-order valence-corrected chi connectivity index (χ1v) is 3.87. The molecule has 0 bridgehead atoms. The molecule has 0 saturated carbocycles. The highest BCUT2D eigenvalue weighted by molar-refractivity contribution is 5.27. The third-order valence-corrected chi connectivity index (χ3v) is 1.98. The van der Waals surface area contributed by atoms with Gasteiger partial charge in [0.15, 0.2) is 0 Å². The van der Waals surface area contributed by atoms with Gasteiger partial charge in [-0.15, -0.1) is 0 Å². The summed E-state index contributed by atoms with van der Waals surface area (Å²) in [6.07, 6.45) is 4.82. The fourth-order valence-electron chi connectivity index (χ4n) is 1.33. The van der Waals surface area contributed by atoms with Gasteiger partial charge in [0.1, 0.15) is 5.83 Å². The lowest BCUT2D eigenvalue weighted by atomic mass is 9.99. The van der Waals surface area contributed by atoms with Crippen LogP contribution in [0.2, 0.25) is 0 Å². The first-order chi connectivity index (χ1) is 5.29. The largest absolute Gasteiger partial charge is 0.377 e. The van der Waals surface area contributed by atoms with Crippen molar-refractivity contribution in [3.8, 4) is 0 Å². The maximum absolute atomic E-state index is 13.0. The van der Waals surface area contributed by atoms with Crippen molar-refractivity contribution in [1.82, 2.24) is 0 Å². The molecule has 0 aromatic rings. The smallest absolute Gasteiger partial charge is 0.124 e. The molecule has 1 aliphatic carbocycles. The van der Waals surface area contributed by atoms with Crippen LogP contribution in [0, 0.1) is 0 Å². The van der Waals surface area contributed by atoms with Crippen molar-refractivity contribution in [2.45, 2.75) is 25.9 Å². The normalized spacial score (nSPS) is 24.5. The maximum atomic E-state index is 13.0. The number of hydrogen-bond donors (Lipinski definition) is 0. The summed E-state index contributed by atoms with van der Waals surface area (Å²) in [6.45, 7) is 1.94. The van der Waals surface area contributed by atoms with Crippen molar-refractivity contribution in [3.63, 3.8) is 0 Å². The Morgan fingerprint density at radius 1 is 1.73 bits per heavy atom. The zero-order valence-corrected chi connectivity index (χ0v) is 6.93. The second kappa shape index (κ2) is 3.67. The Hall–Kier alpha value is -0.630. The van der Waals surface area contributed by atoms with Crippen molar-refractivity contribution >= 4 is 0 Å². The van der Waals surface area contributed by atoms with E-state index < -0.39 is 0 Å². The molecule has 0 heterocycles. The van der Waals surface area contributed by atoms with E-state index >= 15 is 0 Å². The van der Waals surface area contributed by atoms with Gasteiger partial charge in [-0.2, -0.15) is 0 Å². The van der Waals surface area contributed by atoms with Crippen LogP contribution in [-0.4, -0.2) is 13.2 Å². The molecule has 0 aromatic carbocycles. The van der Waals surface area contributed by atoms with E-state index in [1.165, 1.54) is 6.08 Å². The lowest BCUT2D eigenvalue weighted by molar-refractivity contribution is 0.128. The second-order valence-corrected chi connectivity index (χ2v) is 2.59. The van der Waals surface area contributed by atoms with Crippen LogP contribution in [0.4, 0.5) is 4.39 Å². The lowest BCUT2D eigenvalue weighted by Gasteiger charge is -2.19. The Balaban J connectivity index is 2.81. The number of rotatable bonds is 2. The minimum absolute atomic E-state index is 0.0370. The molecule has 0 fully saturated rings. The van der Waals surface area contributed by atoms with Gasteiger partial charge in [-0.05, 0) is 24.5 Å². The van der Waals surface area contributed by atoms with E-state index in [9.17, 15) is 4.39 Å². The molecule has 1 rings (SSSR count). The Bertz CT molecular complexity index is 194. The fraction of sp³-hybridized carbons (Fsp3) is 0.556. The summed E-state index contributed by atoms with van der Waals surface area (Å²) in [5.41, 5.74) is 0.787. The van der Waals surface area contributed by atoms with E-state index in [0.717, 1.165) is 18.4 Å². The number of ether oxygens (including phenoxy) is 1. The minimum atomic E-state index is -0.120. The predicted octanol–water partition coefficient (Wildman–Crippen LogP) is 2.59. The highest BCUT2D eigenvalue weighted by atomic mass is 19.1. The van der Waals surface area contributed by atoms with E-state index in [0.29, 0.717) is 0 Å². The van der Waals surface area contributed by atoms with Gasteiger partial charge in [0.05, 0.1) is 6.10 Å². The van der Waals surface area contributed by atoms with Crippen molar-refractivity contribution in [2.75, 3.05) is 7.11 Å². The number of halogens is 1. The number of hydrogen-bond acceptors (Lipinski definition) is 1. The topological polar surface area (TPSA) is 9.23 Å². The molecule has 1 unspecified atom stereocenters. The maximum Gasteiger partial charge on any atom is 0.124 e. The van der Waals surface area contributed by atoms with Gasteiger partial charge >= 0.3 is 0 Å². The highest BCUT2D eigenvalue weighted by Gasteiger charge is 2.17. The van der Waals surface area contributed by atoms with Crippen molar-refractivity contribution in [1.29, 1.82) is 0 Å². The third kappa shape index (κ3) is 1.69. The first-order valence-electron chi connectivity index (χ1n) is 3.87. The SMILES string of the molecule is CCC1=C(F)C=CCC1OC. The molecule has 2 heteroatoms. The number of allylic oxidation sites excluding steroid dienone is 2. The van der Waals surface area contributed by atoms with Crippen molar-refractivity contribution in [3.05, 3.63) is 23.6 Å². The molecular formula is C9H13FO. The Kier molecular flexibility index (Phi) is 2.83. The molecule has 0 N–H and O–H groups in total. The van der Waals surface area contributed by atoms with E-state index in [1.807, 2.05) is 13.0 Å². The van der Waals surface area contributed by atoms with Gasteiger partial charge in [0.2, 0.25) is 0 Å². The molecule has 62 valence electrons. The molecule has 0 saturated heterocycles. The van der Waals surface area contributed by atoms with Gasteiger partial charge in [0, 0.05) is 7.11 Å². The molecule has 1 nitrogen and oxygen atoms in total. The summed E-state index contributed by atoms with van der Waals surface area (Å²) in [6, 6.07) is 0. The van der Waals surface area contributed by atoms with Crippen LogP contribution in [0.5, 0.6) is 0 Å². The number of methoxy groups -OCH3 is 1. The molecule has 0 aliphatic heterocycles. The van der Waals surface area contributed by atoms with Gasteiger partial charge < -0.3 is 4.74 Å². The first kappa shape index (κ1) is 8.47. The Labute approximate surface area is 66.6 Å². The third-order valence-electron chi connectivity index (χ3n) is 1.98. The Morgan fingerprint density at radius 3 is 2.91 bits per heavy atom. The van der Waals surface area contributed by atoms with Gasteiger partial charge in [-0.25, -0.2) is 4.39 Å². The van der Waals surface area contributed by atoms with Crippen LogP contribution < -0.4 is 0 Å². The van der Waals surface area contributed by atoms with Crippen LogP contribution in [0.15, 0.2) is 23.6 Å². The zero-order chi connectivity index (χ0) is 8.27. The molecule has 1 atom stereocenters.